The number of aryl methyl sites for hydroxylation is 1. The van der Waals surface area contributed by atoms with Crippen LogP contribution in [0.5, 0.6) is 0 Å². The maximum absolute atomic E-state index is 11.5. The number of H-pyrrole nitrogens is 1. The molecule has 1 amide bonds. The summed E-state index contributed by atoms with van der Waals surface area (Å²) in [6, 6.07) is 6.95. The number of nitrogens with zero attached hydrogens (tertiary/aromatic N) is 2. The summed E-state index contributed by atoms with van der Waals surface area (Å²) in [7, 11) is 0. The summed E-state index contributed by atoms with van der Waals surface area (Å²) in [6.07, 6.45) is 1.73. The van der Waals surface area contributed by atoms with Crippen molar-refractivity contribution in [3.8, 4) is 11.4 Å². The van der Waals surface area contributed by atoms with E-state index in [4.69, 9.17) is 5.11 Å². The topological polar surface area (TPSA) is 108 Å². The van der Waals surface area contributed by atoms with E-state index in [0.29, 0.717) is 17.3 Å². The van der Waals surface area contributed by atoms with E-state index in [-0.39, 0.29) is 0 Å². The molecule has 0 spiro atoms. The third-order valence-electron chi connectivity index (χ3n) is 2.36. The average Bonchev–Trinajstić information content (AvgIpc) is 2.83. The Morgan fingerprint density at radius 1 is 1.35 bits per heavy atom. The lowest BCUT2D eigenvalue weighted by atomic mass is 10.2. The molecule has 1 heterocycles. The molecule has 1 aromatic heterocycles. The first kappa shape index (κ1) is 13.5. The normalized spacial score (nSPS) is 10.7. The van der Waals surface area contributed by atoms with Crippen molar-refractivity contribution in [2.75, 3.05) is 5.32 Å². The van der Waals surface area contributed by atoms with E-state index in [2.05, 4.69) is 20.5 Å². The number of amides is 1. The zero-order chi connectivity index (χ0) is 14.5. The third-order valence-corrected chi connectivity index (χ3v) is 2.36. The van der Waals surface area contributed by atoms with E-state index in [1.54, 1.807) is 25.1 Å². The molecule has 0 aliphatic heterocycles. The van der Waals surface area contributed by atoms with Crippen molar-refractivity contribution < 1.29 is 14.7 Å². The number of aromatic nitrogens is 3. The van der Waals surface area contributed by atoms with E-state index >= 15 is 0 Å². The number of aliphatic carboxylic acids is 1. The van der Waals surface area contributed by atoms with Gasteiger partial charge in [0, 0.05) is 23.4 Å². The SMILES string of the molecule is Cc1nc(-c2cccc(NC(=O)/C=C/C(=O)O)c2)n[nH]1. The standard InChI is InChI=1S/C13H12N4O3/c1-8-14-13(17-16-8)9-3-2-4-10(7-9)15-11(18)5-6-12(19)20/h2-7H,1H3,(H,15,18)(H,19,20)(H,14,16,17)/b6-5+. The number of anilines is 1. The monoisotopic (exact) mass is 272 g/mol. The Morgan fingerprint density at radius 2 is 2.15 bits per heavy atom. The first-order valence-corrected chi connectivity index (χ1v) is 5.76. The minimum Gasteiger partial charge on any atom is -0.478 e. The van der Waals surface area contributed by atoms with Gasteiger partial charge in [-0.1, -0.05) is 12.1 Å². The van der Waals surface area contributed by atoms with E-state index < -0.39 is 11.9 Å². The zero-order valence-electron chi connectivity index (χ0n) is 10.6. The molecule has 0 radical (unpaired) electrons. The van der Waals surface area contributed by atoms with Crippen LogP contribution in [-0.2, 0) is 9.59 Å². The lowest BCUT2D eigenvalue weighted by Gasteiger charge is -2.03. The van der Waals surface area contributed by atoms with E-state index in [9.17, 15) is 9.59 Å². The van der Waals surface area contributed by atoms with Crippen LogP contribution >= 0.6 is 0 Å². The van der Waals surface area contributed by atoms with Crippen LogP contribution in [0.2, 0.25) is 0 Å². The van der Waals surface area contributed by atoms with Crippen LogP contribution in [0.15, 0.2) is 36.4 Å². The van der Waals surface area contributed by atoms with Crippen molar-refractivity contribution in [1.82, 2.24) is 15.2 Å². The van der Waals surface area contributed by atoms with Crippen LogP contribution in [-0.4, -0.2) is 32.2 Å². The van der Waals surface area contributed by atoms with Crippen molar-refractivity contribution in [2.45, 2.75) is 6.92 Å². The molecule has 0 saturated heterocycles. The molecule has 3 N–H and O–H groups in total. The highest BCUT2D eigenvalue weighted by Crippen LogP contribution is 2.19. The number of rotatable bonds is 4. The maximum atomic E-state index is 11.5. The Balaban J connectivity index is 2.14. The quantitative estimate of drug-likeness (QED) is 0.728. The van der Waals surface area contributed by atoms with Gasteiger partial charge in [0.1, 0.15) is 5.82 Å². The summed E-state index contributed by atoms with van der Waals surface area (Å²) in [5.41, 5.74) is 1.28. The number of hydrogen-bond donors (Lipinski definition) is 3. The van der Waals surface area contributed by atoms with Crippen LogP contribution in [0.1, 0.15) is 5.82 Å². The van der Waals surface area contributed by atoms with Crippen LogP contribution in [0.3, 0.4) is 0 Å². The Hall–Kier alpha value is -2.96. The van der Waals surface area contributed by atoms with Gasteiger partial charge in [-0.15, -0.1) is 0 Å². The number of carboxylic acid groups (broad SMARTS) is 1. The molecule has 0 fully saturated rings. The van der Waals surface area contributed by atoms with Crippen LogP contribution < -0.4 is 5.32 Å². The second-order valence-corrected chi connectivity index (χ2v) is 3.99. The molecular weight excluding hydrogens is 260 g/mol. The molecule has 1 aromatic carbocycles. The Kier molecular flexibility index (Phi) is 3.90. The average molecular weight is 272 g/mol. The molecular formula is C13H12N4O3. The van der Waals surface area contributed by atoms with E-state index in [1.165, 1.54) is 0 Å². The number of benzene rings is 1. The van der Waals surface area contributed by atoms with Gasteiger partial charge in [-0.2, -0.15) is 5.10 Å². The largest absolute Gasteiger partial charge is 0.478 e. The fourth-order valence-electron chi connectivity index (χ4n) is 1.54. The third kappa shape index (κ3) is 3.52. The van der Waals surface area contributed by atoms with Crippen molar-refractivity contribution in [1.29, 1.82) is 0 Å². The van der Waals surface area contributed by atoms with Gasteiger partial charge >= 0.3 is 5.97 Å². The first-order chi connectivity index (χ1) is 9.54. The van der Waals surface area contributed by atoms with E-state index in [0.717, 1.165) is 17.7 Å². The molecule has 0 aliphatic rings. The Morgan fingerprint density at radius 3 is 2.80 bits per heavy atom. The maximum Gasteiger partial charge on any atom is 0.328 e. The Labute approximate surface area is 114 Å². The highest BCUT2D eigenvalue weighted by atomic mass is 16.4. The summed E-state index contributed by atoms with van der Waals surface area (Å²) in [5.74, 6) is -0.473. The van der Waals surface area contributed by atoms with Crippen molar-refractivity contribution >= 4 is 17.6 Å². The van der Waals surface area contributed by atoms with Crippen LogP contribution in [0, 0.1) is 6.92 Å². The molecule has 7 heteroatoms. The summed E-state index contributed by atoms with van der Waals surface area (Å²) in [6.45, 7) is 1.79. The summed E-state index contributed by atoms with van der Waals surface area (Å²) in [4.78, 5) is 26.0. The predicted molar refractivity (Wildman–Crippen MR) is 72.0 cm³/mol. The lowest BCUT2D eigenvalue weighted by Crippen LogP contribution is -2.08. The summed E-state index contributed by atoms with van der Waals surface area (Å²) >= 11 is 0. The van der Waals surface area contributed by atoms with Crippen molar-refractivity contribution in [3.63, 3.8) is 0 Å². The highest BCUT2D eigenvalue weighted by molar-refractivity contribution is 6.02. The van der Waals surface area contributed by atoms with Crippen molar-refractivity contribution in [2.24, 2.45) is 0 Å². The minimum absolute atomic E-state index is 0.518. The second-order valence-electron chi connectivity index (χ2n) is 3.99. The van der Waals surface area contributed by atoms with Gasteiger partial charge in [0.15, 0.2) is 5.82 Å². The van der Waals surface area contributed by atoms with Crippen LogP contribution in [0.4, 0.5) is 5.69 Å². The molecule has 102 valence electrons. The van der Waals surface area contributed by atoms with Gasteiger partial charge in [0.2, 0.25) is 5.91 Å². The van der Waals surface area contributed by atoms with Gasteiger partial charge < -0.3 is 10.4 Å². The molecule has 2 rings (SSSR count). The number of carboxylic acids is 1. The first-order valence-electron chi connectivity index (χ1n) is 5.76. The fourth-order valence-corrected chi connectivity index (χ4v) is 1.54. The smallest absolute Gasteiger partial charge is 0.328 e. The van der Waals surface area contributed by atoms with Gasteiger partial charge in [0.25, 0.3) is 0 Å². The number of carbonyl (C=O) groups is 2. The molecule has 20 heavy (non-hydrogen) atoms. The number of nitrogens with one attached hydrogen (secondary N) is 2. The Bertz CT molecular complexity index is 676. The molecule has 0 saturated carbocycles. The number of carbonyl (C=O) groups excluding carboxylic acids is 1. The molecule has 0 unspecified atom stereocenters. The predicted octanol–water partition coefficient (Wildman–Crippen LogP) is 1.36. The molecule has 0 bridgehead atoms. The van der Waals surface area contributed by atoms with Gasteiger partial charge in [-0.3, -0.25) is 9.89 Å². The molecule has 7 nitrogen and oxygen atoms in total. The minimum atomic E-state index is -1.18. The summed E-state index contributed by atoms with van der Waals surface area (Å²) < 4.78 is 0. The number of hydrogen-bond acceptors (Lipinski definition) is 4. The van der Waals surface area contributed by atoms with E-state index in [1.807, 2.05) is 6.07 Å². The fraction of sp³-hybridized carbons (Fsp3) is 0.0769. The van der Waals surface area contributed by atoms with Gasteiger partial charge in [-0.25, -0.2) is 9.78 Å². The molecule has 0 atom stereocenters. The second kappa shape index (κ2) is 5.79. The molecule has 2 aromatic rings. The van der Waals surface area contributed by atoms with Crippen molar-refractivity contribution in [3.05, 3.63) is 42.2 Å². The summed E-state index contributed by atoms with van der Waals surface area (Å²) in [5, 5.41) is 17.8. The number of aromatic amines is 1. The highest BCUT2D eigenvalue weighted by Gasteiger charge is 2.05. The van der Waals surface area contributed by atoms with Crippen LogP contribution in [0.25, 0.3) is 11.4 Å². The lowest BCUT2D eigenvalue weighted by molar-refractivity contribution is -0.131. The molecule has 0 aliphatic carbocycles. The van der Waals surface area contributed by atoms with Gasteiger partial charge in [0.05, 0.1) is 0 Å². The zero-order valence-corrected chi connectivity index (χ0v) is 10.6. The van der Waals surface area contributed by atoms with Gasteiger partial charge in [-0.05, 0) is 19.1 Å².